The van der Waals surface area contributed by atoms with Gasteiger partial charge in [-0.1, -0.05) is 188 Å². The van der Waals surface area contributed by atoms with Crippen molar-refractivity contribution in [3.05, 3.63) is 216 Å². The number of fused-ring (bicyclic) bond motifs is 2. The molecule has 1 aliphatic rings. The van der Waals surface area contributed by atoms with Crippen molar-refractivity contribution in [1.29, 1.82) is 0 Å². The van der Waals surface area contributed by atoms with Gasteiger partial charge in [0.25, 0.3) is 0 Å². The van der Waals surface area contributed by atoms with Crippen LogP contribution in [0.25, 0.3) is 76.9 Å². The molecule has 0 aliphatic heterocycles. The van der Waals surface area contributed by atoms with Crippen molar-refractivity contribution in [3.8, 4) is 33.4 Å². The van der Waals surface area contributed by atoms with E-state index in [2.05, 4.69) is 194 Å². The Bertz CT molecular complexity index is 2880. The minimum absolute atomic E-state index is 0.432. The lowest BCUT2D eigenvalue weighted by Gasteiger charge is -2.34. The number of benzene rings is 9. The summed E-state index contributed by atoms with van der Waals surface area (Å²) in [7, 11) is 0. The smallest absolute Gasteiger partial charge is 0.143 e. The van der Waals surface area contributed by atoms with E-state index in [0.29, 0.717) is 0 Å². The summed E-state index contributed by atoms with van der Waals surface area (Å²) in [5.41, 5.74) is 13.8. The lowest BCUT2D eigenvalue weighted by molar-refractivity contribution is 0.664. The highest BCUT2D eigenvalue weighted by Gasteiger charge is 2.46. The summed E-state index contributed by atoms with van der Waals surface area (Å²) in [5, 5.41) is 7.48. The summed E-state index contributed by atoms with van der Waals surface area (Å²) < 4.78 is 6.81. The van der Waals surface area contributed by atoms with Crippen LogP contribution in [0.3, 0.4) is 0 Å². The Morgan fingerprint density at radius 3 is 1.35 bits per heavy atom. The Morgan fingerprint density at radius 2 is 0.788 bits per heavy atom. The van der Waals surface area contributed by atoms with Crippen molar-refractivity contribution >= 4 is 43.5 Å². The third-order valence-electron chi connectivity index (χ3n) is 11.3. The summed E-state index contributed by atoms with van der Waals surface area (Å²) in [6.45, 7) is 0. The highest BCUT2D eigenvalue weighted by molar-refractivity contribution is 6.22. The topological polar surface area (TPSA) is 13.1 Å². The number of furan rings is 1. The normalized spacial score (nSPS) is 13.2. The van der Waals surface area contributed by atoms with Gasteiger partial charge in [0.15, 0.2) is 0 Å². The molecule has 52 heavy (non-hydrogen) atoms. The largest absolute Gasteiger partial charge is 0.455 e. The molecule has 9 aromatic carbocycles. The lowest BCUT2D eigenvalue weighted by Crippen LogP contribution is -2.28. The molecule has 0 spiro atoms. The third kappa shape index (κ3) is 3.94. The van der Waals surface area contributed by atoms with Crippen molar-refractivity contribution < 1.29 is 4.42 Å². The molecule has 0 N–H and O–H groups in total. The van der Waals surface area contributed by atoms with Gasteiger partial charge in [0.1, 0.15) is 11.2 Å². The second-order valence-corrected chi connectivity index (χ2v) is 13.9. The van der Waals surface area contributed by atoms with Crippen LogP contribution in [0.15, 0.2) is 199 Å². The average molecular weight is 661 g/mol. The fourth-order valence-corrected chi connectivity index (χ4v) is 9.25. The van der Waals surface area contributed by atoms with Crippen LogP contribution in [0.4, 0.5) is 0 Å². The SMILES string of the molecule is c1ccc(-c2c3ccccc3c(-c3ccc(-c4ccc5c6c4oc4cccc(c46)C5(c4ccccc4)c4ccccc4)cc3)c3ccccc23)cc1. The van der Waals surface area contributed by atoms with Crippen LogP contribution in [-0.4, -0.2) is 0 Å². The van der Waals surface area contributed by atoms with Crippen molar-refractivity contribution in [2.75, 3.05) is 0 Å². The molecule has 0 unspecified atom stereocenters. The van der Waals surface area contributed by atoms with E-state index in [1.807, 2.05) is 0 Å². The van der Waals surface area contributed by atoms with Gasteiger partial charge >= 0.3 is 0 Å². The minimum atomic E-state index is -0.432. The Hall–Kier alpha value is -6.70. The molecule has 1 nitrogen and oxygen atoms in total. The Kier molecular flexibility index (Phi) is 6.23. The zero-order chi connectivity index (χ0) is 34.2. The van der Waals surface area contributed by atoms with Gasteiger partial charge in [-0.15, -0.1) is 0 Å². The van der Waals surface area contributed by atoms with E-state index in [4.69, 9.17) is 4.42 Å². The first kappa shape index (κ1) is 29.1. The summed E-state index contributed by atoms with van der Waals surface area (Å²) in [6, 6.07) is 70.7. The quantitative estimate of drug-likeness (QED) is 0.167. The Balaban J connectivity index is 1.11. The van der Waals surface area contributed by atoms with E-state index >= 15 is 0 Å². The second kappa shape index (κ2) is 11.2. The van der Waals surface area contributed by atoms with Crippen LogP contribution in [0, 0.1) is 0 Å². The molecule has 0 radical (unpaired) electrons. The molecule has 1 heteroatoms. The number of hydrogen-bond donors (Lipinski definition) is 0. The molecule has 1 aliphatic carbocycles. The van der Waals surface area contributed by atoms with Crippen molar-refractivity contribution in [2.45, 2.75) is 5.41 Å². The van der Waals surface area contributed by atoms with Gasteiger partial charge in [-0.3, -0.25) is 0 Å². The predicted octanol–water partition coefficient (Wildman–Crippen LogP) is 13.6. The molecular formula is C51H32O. The molecular weight excluding hydrogens is 629 g/mol. The maximum atomic E-state index is 6.81. The van der Waals surface area contributed by atoms with Crippen molar-refractivity contribution in [2.24, 2.45) is 0 Å². The fourth-order valence-electron chi connectivity index (χ4n) is 9.25. The van der Waals surface area contributed by atoms with E-state index in [-0.39, 0.29) is 0 Å². The molecule has 11 rings (SSSR count). The van der Waals surface area contributed by atoms with E-state index in [0.717, 1.165) is 22.3 Å². The van der Waals surface area contributed by atoms with E-state index in [9.17, 15) is 0 Å². The Morgan fingerprint density at radius 1 is 0.327 bits per heavy atom. The number of hydrogen-bond acceptors (Lipinski definition) is 1. The molecule has 0 fully saturated rings. The van der Waals surface area contributed by atoms with Crippen LogP contribution in [-0.2, 0) is 5.41 Å². The van der Waals surface area contributed by atoms with Crippen LogP contribution in [0.2, 0.25) is 0 Å². The molecule has 1 heterocycles. The number of rotatable bonds is 5. The van der Waals surface area contributed by atoms with Gasteiger partial charge in [-0.25, -0.2) is 0 Å². The van der Waals surface area contributed by atoms with Gasteiger partial charge in [0.2, 0.25) is 0 Å². The molecule has 0 amide bonds. The van der Waals surface area contributed by atoms with Crippen molar-refractivity contribution in [3.63, 3.8) is 0 Å². The molecule has 0 saturated heterocycles. The standard InChI is InChI=1S/C51H32O/c1-4-15-34(16-5-1)46-39-21-10-12-23-41(39)47(42-24-13-11-22-40(42)46)35-29-27-33(28-30-35)38-31-32-44-49-48-43(25-14-26-45(48)52-50(38)49)51(44,36-17-6-2-7-18-36)37-19-8-3-9-20-37/h1-32H. The van der Waals surface area contributed by atoms with E-state index in [1.54, 1.807) is 0 Å². The molecule has 10 aromatic rings. The maximum Gasteiger partial charge on any atom is 0.143 e. The van der Waals surface area contributed by atoms with Gasteiger partial charge in [0, 0.05) is 16.3 Å². The molecule has 0 atom stereocenters. The molecule has 1 aromatic heterocycles. The summed E-state index contributed by atoms with van der Waals surface area (Å²) in [5.74, 6) is 0. The van der Waals surface area contributed by atoms with Crippen LogP contribution < -0.4 is 0 Å². The molecule has 0 saturated carbocycles. The summed E-state index contributed by atoms with van der Waals surface area (Å²) in [4.78, 5) is 0. The van der Waals surface area contributed by atoms with Crippen LogP contribution >= 0.6 is 0 Å². The minimum Gasteiger partial charge on any atom is -0.455 e. The zero-order valence-electron chi connectivity index (χ0n) is 28.4. The first-order valence-corrected chi connectivity index (χ1v) is 18.0. The van der Waals surface area contributed by atoms with Crippen molar-refractivity contribution in [1.82, 2.24) is 0 Å². The lowest BCUT2D eigenvalue weighted by atomic mass is 9.67. The predicted molar refractivity (Wildman–Crippen MR) is 217 cm³/mol. The molecule has 242 valence electrons. The monoisotopic (exact) mass is 660 g/mol. The highest BCUT2D eigenvalue weighted by Crippen LogP contribution is 2.58. The second-order valence-electron chi connectivity index (χ2n) is 13.9. The first-order chi connectivity index (χ1) is 25.8. The zero-order valence-corrected chi connectivity index (χ0v) is 28.4. The van der Waals surface area contributed by atoms with Gasteiger partial charge < -0.3 is 4.42 Å². The maximum absolute atomic E-state index is 6.81. The van der Waals surface area contributed by atoms with Crippen LogP contribution in [0.5, 0.6) is 0 Å². The highest BCUT2D eigenvalue weighted by atomic mass is 16.3. The van der Waals surface area contributed by atoms with Gasteiger partial charge in [-0.2, -0.15) is 0 Å². The Labute approximate surface area is 302 Å². The average Bonchev–Trinajstić information content (AvgIpc) is 3.77. The van der Waals surface area contributed by atoms with Crippen LogP contribution in [0.1, 0.15) is 22.3 Å². The van der Waals surface area contributed by atoms with E-state index < -0.39 is 5.41 Å². The fraction of sp³-hybridized carbons (Fsp3) is 0.0196. The first-order valence-electron chi connectivity index (χ1n) is 18.0. The van der Waals surface area contributed by atoms with E-state index in [1.165, 1.54) is 76.8 Å². The van der Waals surface area contributed by atoms with Gasteiger partial charge in [-0.05, 0) is 77.7 Å². The third-order valence-corrected chi connectivity index (χ3v) is 11.3. The van der Waals surface area contributed by atoms with Gasteiger partial charge in [0.05, 0.1) is 5.41 Å². The molecule has 0 bridgehead atoms. The summed E-state index contributed by atoms with van der Waals surface area (Å²) in [6.07, 6.45) is 0. The summed E-state index contributed by atoms with van der Waals surface area (Å²) >= 11 is 0.